The Morgan fingerprint density at radius 3 is 2.22 bits per heavy atom. The molecule has 0 amide bonds. The molecule has 0 aliphatic rings. The summed E-state index contributed by atoms with van der Waals surface area (Å²) in [5.74, 6) is 0. The quantitative estimate of drug-likeness (QED) is 0.672. The van der Waals surface area contributed by atoms with E-state index >= 15 is 0 Å². The molecular formula is C7H12OSn. The second-order valence-corrected chi connectivity index (χ2v) is 17.5. The van der Waals surface area contributed by atoms with Gasteiger partial charge in [0.1, 0.15) is 0 Å². The second-order valence-electron chi connectivity index (χ2n) is 3.23. The Bertz CT molecular complexity index is 171. The van der Waals surface area contributed by atoms with Crippen molar-refractivity contribution < 1.29 is 4.42 Å². The molecule has 9 heavy (non-hydrogen) atoms. The Morgan fingerprint density at radius 2 is 2.00 bits per heavy atom. The van der Waals surface area contributed by atoms with E-state index in [0.717, 1.165) is 0 Å². The van der Waals surface area contributed by atoms with E-state index in [0.29, 0.717) is 0 Å². The molecule has 1 heterocycles. The molecule has 1 aromatic rings. The molecule has 2 heteroatoms. The minimum absolute atomic E-state index is 1.25. The van der Waals surface area contributed by atoms with Crippen molar-refractivity contribution in [1.29, 1.82) is 0 Å². The Balaban J connectivity index is 2.90. The predicted molar refractivity (Wildman–Crippen MR) is 41.7 cm³/mol. The number of rotatable bonds is 1. The van der Waals surface area contributed by atoms with Crippen LogP contribution in [0.25, 0.3) is 0 Å². The van der Waals surface area contributed by atoms with Crippen LogP contribution >= 0.6 is 0 Å². The third-order valence-corrected chi connectivity index (χ3v) is 6.29. The standard InChI is InChI=1S/C4H3O.3CH3.Sn/c1-2-4-5-3-1;;;;/h1-3H;3*1H3;. The van der Waals surface area contributed by atoms with E-state index in [1.165, 1.54) is 3.78 Å². The third kappa shape index (κ3) is 1.75. The summed E-state index contributed by atoms with van der Waals surface area (Å²) in [6.45, 7) is 0. The van der Waals surface area contributed by atoms with E-state index in [-0.39, 0.29) is 0 Å². The fraction of sp³-hybridized carbons (Fsp3) is 0.429. The molecule has 0 aliphatic heterocycles. The molecule has 0 aromatic carbocycles. The topological polar surface area (TPSA) is 13.1 Å². The zero-order valence-corrected chi connectivity index (χ0v) is 8.99. The van der Waals surface area contributed by atoms with Gasteiger partial charge in [-0.1, -0.05) is 0 Å². The fourth-order valence-corrected chi connectivity index (χ4v) is 3.61. The van der Waals surface area contributed by atoms with Gasteiger partial charge in [0.05, 0.1) is 0 Å². The van der Waals surface area contributed by atoms with Crippen LogP contribution < -0.4 is 3.78 Å². The second kappa shape index (κ2) is 2.37. The van der Waals surface area contributed by atoms with Gasteiger partial charge in [-0.25, -0.2) is 0 Å². The predicted octanol–water partition coefficient (Wildman–Crippen LogP) is 1.82. The van der Waals surface area contributed by atoms with Gasteiger partial charge in [0.15, 0.2) is 0 Å². The molecule has 0 N–H and O–H groups in total. The van der Waals surface area contributed by atoms with Crippen molar-refractivity contribution in [2.24, 2.45) is 0 Å². The first-order chi connectivity index (χ1) is 4.11. The van der Waals surface area contributed by atoms with E-state index in [1.807, 2.05) is 6.07 Å². The van der Waals surface area contributed by atoms with Crippen LogP contribution in [0.4, 0.5) is 0 Å². The first-order valence-electron chi connectivity index (χ1n) is 3.15. The first kappa shape index (κ1) is 7.19. The first-order valence-corrected chi connectivity index (χ1v) is 13.1. The van der Waals surface area contributed by atoms with Crippen molar-refractivity contribution in [3.05, 3.63) is 18.4 Å². The molecule has 1 rings (SSSR count). The molecule has 0 spiro atoms. The van der Waals surface area contributed by atoms with Gasteiger partial charge in [-0.3, -0.25) is 0 Å². The maximum absolute atomic E-state index is 5.29. The van der Waals surface area contributed by atoms with E-state index in [9.17, 15) is 0 Å². The van der Waals surface area contributed by atoms with Crippen LogP contribution in [0.1, 0.15) is 0 Å². The van der Waals surface area contributed by atoms with Crippen molar-refractivity contribution >= 4 is 22.2 Å². The van der Waals surface area contributed by atoms with Gasteiger partial charge in [0.25, 0.3) is 0 Å². The van der Waals surface area contributed by atoms with Crippen LogP contribution in [0.15, 0.2) is 22.8 Å². The Morgan fingerprint density at radius 1 is 1.33 bits per heavy atom. The molecule has 1 aromatic heterocycles. The van der Waals surface area contributed by atoms with Crippen LogP contribution in [0.5, 0.6) is 0 Å². The number of furan rings is 1. The van der Waals surface area contributed by atoms with Crippen LogP contribution in [-0.4, -0.2) is 18.4 Å². The zero-order chi connectivity index (χ0) is 6.91. The van der Waals surface area contributed by atoms with Crippen molar-refractivity contribution in [3.63, 3.8) is 0 Å². The molecule has 0 bridgehead atoms. The van der Waals surface area contributed by atoms with Crippen molar-refractivity contribution in [2.75, 3.05) is 0 Å². The fourth-order valence-electron chi connectivity index (χ4n) is 0.705. The molecule has 0 radical (unpaired) electrons. The van der Waals surface area contributed by atoms with Crippen molar-refractivity contribution in [1.82, 2.24) is 0 Å². The summed E-state index contributed by atoms with van der Waals surface area (Å²) in [5, 5.41) is 0. The van der Waals surface area contributed by atoms with Crippen LogP contribution in [0, 0.1) is 0 Å². The molecular weight excluding hydrogens is 219 g/mol. The molecule has 0 saturated heterocycles. The molecule has 1 nitrogen and oxygen atoms in total. The van der Waals surface area contributed by atoms with E-state index in [1.54, 1.807) is 6.26 Å². The summed E-state index contributed by atoms with van der Waals surface area (Å²) in [5.41, 5.74) is 0. The van der Waals surface area contributed by atoms with Gasteiger partial charge >= 0.3 is 59.8 Å². The van der Waals surface area contributed by atoms with Gasteiger partial charge in [0.2, 0.25) is 0 Å². The number of hydrogen-bond acceptors (Lipinski definition) is 1. The van der Waals surface area contributed by atoms with Gasteiger partial charge in [0, 0.05) is 0 Å². The number of hydrogen-bond donors (Lipinski definition) is 0. The average molecular weight is 231 g/mol. The van der Waals surface area contributed by atoms with Gasteiger partial charge < -0.3 is 0 Å². The summed E-state index contributed by atoms with van der Waals surface area (Å²) in [4.78, 5) is 7.02. The van der Waals surface area contributed by atoms with Crippen LogP contribution in [-0.2, 0) is 0 Å². The van der Waals surface area contributed by atoms with Crippen LogP contribution in [0.3, 0.4) is 0 Å². The molecule has 50 valence electrons. The maximum atomic E-state index is 5.29. The summed E-state index contributed by atoms with van der Waals surface area (Å²) in [7, 11) is 0. The molecule has 0 aliphatic carbocycles. The van der Waals surface area contributed by atoms with Gasteiger partial charge in [-0.2, -0.15) is 0 Å². The Kier molecular flexibility index (Phi) is 1.89. The van der Waals surface area contributed by atoms with Crippen LogP contribution in [0.2, 0.25) is 14.8 Å². The normalized spacial score (nSPS) is 11.9. The van der Waals surface area contributed by atoms with E-state index in [4.69, 9.17) is 4.42 Å². The molecule has 0 saturated carbocycles. The van der Waals surface area contributed by atoms with Crippen molar-refractivity contribution in [2.45, 2.75) is 14.8 Å². The van der Waals surface area contributed by atoms with E-state index in [2.05, 4.69) is 20.9 Å². The summed E-state index contributed by atoms with van der Waals surface area (Å²) in [6, 6.07) is 4.06. The molecule has 0 unspecified atom stereocenters. The minimum atomic E-state index is -1.82. The molecule has 0 fully saturated rings. The SMILES string of the molecule is [CH3][Sn]([CH3])([CH3])[c]1ccco1. The molecule has 0 atom stereocenters. The Labute approximate surface area is 59.9 Å². The summed E-state index contributed by atoms with van der Waals surface area (Å²) < 4.78 is 6.55. The van der Waals surface area contributed by atoms with E-state index < -0.39 is 18.4 Å². The summed E-state index contributed by atoms with van der Waals surface area (Å²) in [6.07, 6.45) is 1.76. The average Bonchev–Trinajstić information content (AvgIpc) is 2.08. The monoisotopic (exact) mass is 232 g/mol. The summed E-state index contributed by atoms with van der Waals surface area (Å²) >= 11 is -1.82. The van der Waals surface area contributed by atoms with Gasteiger partial charge in [-0.15, -0.1) is 0 Å². The van der Waals surface area contributed by atoms with Gasteiger partial charge in [-0.05, 0) is 0 Å². The Hall–Kier alpha value is 0.0787. The third-order valence-electron chi connectivity index (χ3n) is 1.26. The van der Waals surface area contributed by atoms with Crippen molar-refractivity contribution in [3.8, 4) is 0 Å². The zero-order valence-electron chi connectivity index (χ0n) is 6.14.